The number of nitrogens with one attached hydrogen (secondary N) is 1. The van der Waals surface area contributed by atoms with Crippen LogP contribution in [0.1, 0.15) is 24.6 Å². The van der Waals surface area contributed by atoms with E-state index in [1.54, 1.807) is 0 Å². The highest BCUT2D eigenvalue weighted by Gasteiger charge is 2.35. The van der Waals surface area contributed by atoms with E-state index in [-0.39, 0.29) is 27.1 Å². The molecular formula is C15H11F5N4O2. The van der Waals surface area contributed by atoms with Crippen LogP contribution in [0.4, 0.5) is 26.7 Å². The number of hydrogen-bond donors (Lipinski definition) is 1. The van der Waals surface area contributed by atoms with E-state index in [2.05, 4.69) is 10.2 Å². The van der Waals surface area contributed by atoms with Crippen molar-refractivity contribution in [1.82, 2.24) is 15.2 Å². The van der Waals surface area contributed by atoms with E-state index in [4.69, 9.17) is 4.74 Å². The summed E-state index contributed by atoms with van der Waals surface area (Å²) < 4.78 is 70.8. The molecule has 1 unspecified atom stereocenters. The van der Waals surface area contributed by atoms with Gasteiger partial charge >= 0.3 is 18.8 Å². The zero-order chi connectivity index (χ0) is 19.1. The number of benzene rings is 1. The number of amides is 1. The van der Waals surface area contributed by atoms with E-state index in [0.717, 1.165) is 24.5 Å². The molecule has 0 radical (unpaired) electrons. The van der Waals surface area contributed by atoms with Gasteiger partial charge in [0.1, 0.15) is 11.8 Å². The van der Waals surface area contributed by atoms with Gasteiger partial charge in [-0.05, 0) is 18.6 Å². The molecule has 11 heteroatoms. The topological polar surface area (TPSA) is 68.5 Å². The fraction of sp³-hybridized carbons (Fsp3) is 0.267. The van der Waals surface area contributed by atoms with Gasteiger partial charge in [-0.1, -0.05) is 12.1 Å². The molecule has 1 N–H and O–H groups in total. The second-order valence-corrected chi connectivity index (χ2v) is 5.40. The Bertz CT molecular complexity index is 875. The Hall–Kier alpha value is -2.98. The highest BCUT2D eigenvalue weighted by Crippen LogP contribution is 2.38. The van der Waals surface area contributed by atoms with Crippen molar-refractivity contribution in [3.63, 3.8) is 0 Å². The summed E-state index contributed by atoms with van der Waals surface area (Å²) in [7, 11) is 0. The largest absolute Gasteiger partial charge is 0.439 e. The van der Waals surface area contributed by atoms with Crippen molar-refractivity contribution in [2.75, 3.05) is 0 Å². The highest BCUT2D eigenvalue weighted by atomic mass is 19.4. The third-order valence-electron chi connectivity index (χ3n) is 3.67. The molecule has 6 nitrogen and oxygen atoms in total. The summed E-state index contributed by atoms with van der Waals surface area (Å²) in [6, 6.07) is 3.29. The third-order valence-corrected chi connectivity index (χ3v) is 3.67. The molecule has 0 fully saturated rings. The number of hydrazone groups is 1. The molecule has 3 rings (SSSR count). The molecular weight excluding hydrogens is 363 g/mol. The smallest absolute Gasteiger partial charge is 0.428 e. The van der Waals surface area contributed by atoms with Gasteiger partial charge in [0.2, 0.25) is 0 Å². The van der Waals surface area contributed by atoms with E-state index in [1.807, 2.05) is 5.43 Å². The Labute approximate surface area is 143 Å². The Morgan fingerprint density at radius 2 is 2.00 bits per heavy atom. The number of halogens is 5. The molecule has 1 aliphatic heterocycles. The number of alkyl halides is 5. The van der Waals surface area contributed by atoms with E-state index in [1.165, 1.54) is 13.0 Å². The van der Waals surface area contributed by atoms with Gasteiger partial charge < -0.3 is 4.74 Å². The number of aromatic nitrogens is 2. The Morgan fingerprint density at radius 1 is 1.27 bits per heavy atom. The second-order valence-electron chi connectivity index (χ2n) is 5.40. The van der Waals surface area contributed by atoms with Crippen LogP contribution < -0.4 is 5.43 Å². The van der Waals surface area contributed by atoms with Gasteiger partial charge in [-0.15, -0.1) is 0 Å². The van der Waals surface area contributed by atoms with Crippen LogP contribution >= 0.6 is 0 Å². The maximum atomic E-state index is 13.5. The molecule has 0 aliphatic carbocycles. The summed E-state index contributed by atoms with van der Waals surface area (Å²) in [5, 5.41) is 7.08. The number of rotatable bonds is 3. The van der Waals surface area contributed by atoms with Crippen molar-refractivity contribution in [2.45, 2.75) is 25.8 Å². The van der Waals surface area contributed by atoms with Crippen LogP contribution in [0.3, 0.4) is 0 Å². The van der Waals surface area contributed by atoms with E-state index in [9.17, 15) is 26.7 Å². The molecule has 26 heavy (non-hydrogen) atoms. The maximum Gasteiger partial charge on any atom is 0.428 e. The molecule has 1 atom stereocenters. The van der Waals surface area contributed by atoms with Crippen LogP contribution in [0.5, 0.6) is 0 Å². The van der Waals surface area contributed by atoms with Crippen molar-refractivity contribution in [2.24, 2.45) is 5.10 Å². The van der Waals surface area contributed by atoms with Gasteiger partial charge in [0.15, 0.2) is 0 Å². The van der Waals surface area contributed by atoms with E-state index < -0.39 is 30.5 Å². The van der Waals surface area contributed by atoms with Crippen molar-refractivity contribution < 1.29 is 31.5 Å². The molecule has 0 saturated carbocycles. The van der Waals surface area contributed by atoms with Crippen LogP contribution in [-0.2, 0) is 10.9 Å². The Balaban J connectivity index is 2.08. The van der Waals surface area contributed by atoms with Gasteiger partial charge in [0, 0.05) is 17.3 Å². The van der Waals surface area contributed by atoms with Gasteiger partial charge in [0.25, 0.3) is 0 Å². The van der Waals surface area contributed by atoms with Crippen LogP contribution in [-0.4, -0.2) is 27.7 Å². The lowest BCUT2D eigenvalue weighted by atomic mass is 9.96. The Kier molecular flexibility index (Phi) is 4.38. The molecule has 0 bridgehead atoms. The normalized spacial score (nSPS) is 17.7. The third kappa shape index (κ3) is 3.37. The first-order valence-electron chi connectivity index (χ1n) is 7.25. The standard InChI is InChI=1S/C15H11F5N4O2/c1-7-12(22-23-14(25)26-7)8-2-3-10(11(4-8)15(18,19)20)9-5-21-24(6-9)13(16)17/h2-7,13H,1H3,(H,23,25). The SMILES string of the molecule is CC1OC(=O)NN=C1c1ccc(-c2cnn(C(F)F)c2)c(C(F)(F)F)c1. The molecule has 1 aromatic heterocycles. The fourth-order valence-corrected chi connectivity index (χ4v) is 2.51. The maximum absolute atomic E-state index is 13.5. The van der Waals surface area contributed by atoms with E-state index in [0.29, 0.717) is 0 Å². The number of carbonyl (C=O) groups excluding carboxylic acids is 1. The Morgan fingerprint density at radius 3 is 2.58 bits per heavy atom. The molecule has 138 valence electrons. The minimum atomic E-state index is -4.75. The lowest BCUT2D eigenvalue weighted by Gasteiger charge is -2.21. The predicted octanol–water partition coefficient (Wildman–Crippen LogP) is 3.80. The van der Waals surface area contributed by atoms with Crippen molar-refractivity contribution in [3.8, 4) is 11.1 Å². The summed E-state index contributed by atoms with van der Waals surface area (Å²) in [6.45, 7) is -1.50. The number of carbonyl (C=O) groups is 1. The van der Waals surface area contributed by atoms with Gasteiger partial charge in [-0.3, -0.25) is 0 Å². The average Bonchev–Trinajstić information content (AvgIpc) is 3.04. The lowest BCUT2D eigenvalue weighted by molar-refractivity contribution is -0.137. The summed E-state index contributed by atoms with van der Waals surface area (Å²) >= 11 is 0. The van der Waals surface area contributed by atoms with Crippen LogP contribution in [0.25, 0.3) is 11.1 Å². The first-order valence-corrected chi connectivity index (χ1v) is 7.25. The highest BCUT2D eigenvalue weighted by molar-refractivity contribution is 6.06. The zero-order valence-electron chi connectivity index (χ0n) is 13.1. The zero-order valence-corrected chi connectivity index (χ0v) is 13.1. The minimum Gasteiger partial charge on any atom is -0.439 e. The lowest BCUT2D eigenvalue weighted by Crippen LogP contribution is -2.37. The molecule has 1 aromatic carbocycles. The molecule has 2 heterocycles. The van der Waals surface area contributed by atoms with Gasteiger partial charge in [-0.2, -0.15) is 32.2 Å². The summed E-state index contributed by atoms with van der Waals surface area (Å²) in [5.74, 6) is 0. The second kappa shape index (κ2) is 6.39. The molecule has 0 saturated heterocycles. The van der Waals surface area contributed by atoms with Crippen molar-refractivity contribution in [1.29, 1.82) is 0 Å². The average molecular weight is 374 g/mol. The first kappa shape index (κ1) is 17.8. The minimum absolute atomic E-state index is 0.0785. The quantitative estimate of drug-likeness (QED) is 0.831. The fourth-order valence-electron chi connectivity index (χ4n) is 2.51. The number of hydrogen-bond acceptors (Lipinski definition) is 4. The van der Waals surface area contributed by atoms with Gasteiger partial charge in [-0.25, -0.2) is 14.9 Å². The predicted molar refractivity (Wildman–Crippen MR) is 79.5 cm³/mol. The van der Waals surface area contributed by atoms with E-state index >= 15 is 0 Å². The van der Waals surface area contributed by atoms with Gasteiger partial charge in [0.05, 0.1) is 11.8 Å². The van der Waals surface area contributed by atoms with Crippen LogP contribution in [0, 0.1) is 0 Å². The summed E-state index contributed by atoms with van der Waals surface area (Å²) in [4.78, 5) is 11.1. The molecule has 1 amide bonds. The summed E-state index contributed by atoms with van der Waals surface area (Å²) in [5.41, 5.74) is 0.757. The number of ether oxygens (including phenoxy) is 1. The molecule has 0 spiro atoms. The monoisotopic (exact) mass is 374 g/mol. The first-order chi connectivity index (χ1) is 12.2. The van der Waals surface area contributed by atoms with Crippen molar-refractivity contribution >= 4 is 11.8 Å². The van der Waals surface area contributed by atoms with Crippen LogP contribution in [0.2, 0.25) is 0 Å². The number of cyclic esters (lactones) is 1. The summed E-state index contributed by atoms with van der Waals surface area (Å²) in [6.07, 6.45) is -4.65. The molecule has 1 aliphatic rings. The van der Waals surface area contributed by atoms with Crippen molar-refractivity contribution in [3.05, 3.63) is 41.7 Å². The molecule has 2 aromatic rings. The van der Waals surface area contributed by atoms with Crippen LogP contribution in [0.15, 0.2) is 35.7 Å². The number of nitrogens with zero attached hydrogens (tertiary/aromatic N) is 3.